The van der Waals surface area contributed by atoms with Gasteiger partial charge in [-0.15, -0.1) is 0 Å². The monoisotopic (exact) mass is 364 g/mol. The molecular weight excluding hydrogens is 340 g/mol. The van der Waals surface area contributed by atoms with Crippen molar-refractivity contribution in [3.63, 3.8) is 0 Å². The number of methoxy groups -OCH3 is 1. The van der Waals surface area contributed by atoms with Gasteiger partial charge in [-0.3, -0.25) is 9.59 Å². The number of aryl methyl sites for hydroxylation is 1. The first-order chi connectivity index (χ1) is 13.1. The minimum Gasteiger partial charge on any atom is -0.496 e. The lowest BCUT2D eigenvalue weighted by Crippen LogP contribution is -2.23. The number of nitrogens with zero attached hydrogens (tertiary/aromatic N) is 1. The predicted molar refractivity (Wildman–Crippen MR) is 107 cm³/mol. The van der Waals surface area contributed by atoms with Gasteiger partial charge in [-0.05, 0) is 49.2 Å². The van der Waals surface area contributed by atoms with Gasteiger partial charge in [-0.1, -0.05) is 23.8 Å². The maximum absolute atomic E-state index is 12.1. The number of hydrogen-bond donors (Lipinski definition) is 1. The fourth-order valence-electron chi connectivity index (χ4n) is 3.11. The smallest absolute Gasteiger partial charge is 0.244 e. The fraction of sp³-hybridized carbons (Fsp3) is 0.273. The number of ether oxygens (including phenoxy) is 1. The highest BCUT2D eigenvalue weighted by molar-refractivity contribution is 5.95. The molecule has 2 amide bonds. The van der Waals surface area contributed by atoms with Gasteiger partial charge in [0.2, 0.25) is 11.8 Å². The maximum atomic E-state index is 12.1. The minimum atomic E-state index is -0.169. The molecule has 0 saturated carbocycles. The molecule has 2 aromatic carbocycles. The number of anilines is 1. The van der Waals surface area contributed by atoms with Gasteiger partial charge in [-0.2, -0.15) is 0 Å². The average molecular weight is 364 g/mol. The summed E-state index contributed by atoms with van der Waals surface area (Å²) < 4.78 is 5.31. The van der Waals surface area contributed by atoms with Crippen LogP contribution >= 0.6 is 0 Å². The summed E-state index contributed by atoms with van der Waals surface area (Å²) in [6, 6.07) is 13.6. The summed E-state index contributed by atoms with van der Waals surface area (Å²) in [7, 11) is 1.61. The van der Waals surface area contributed by atoms with Gasteiger partial charge in [0.05, 0.1) is 7.11 Å². The molecule has 1 aliphatic heterocycles. The van der Waals surface area contributed by atoms with E-state index in [4.69, 9.17) is 4.74 Å². The van der Waals surface area contributed by atoms with E-state index in [1.807, 2.05) is 49.4 Å². The topological polar surface area (TPSA) is 58.6 Å². The Morgan fingerprint density at radius 1 is 1.22 bits per heavy atom. The van der Waals surface area contributed by atoms with Crippen LogP contribution in [0.3, 0.4) is 0 Å². The Hall–Kier alpha value is -3.08. The zero-order chi connectivity index (χ0) is 19.2. The van der Waals surface area contributed by atoms with E-state index in [0.29, 0.717) is 13.0 Å². The van der Waals surface area contributed by atoms with Crippen LogP contribution in [-0.2, 0) is 16.1 Å². The highest BCUT2D eigenvalue weighted by Crippen LogP contribution is 2.22. The van der Waals surface area contributed by atoms with Crippen molar-refractivity contribution in [3.8, 4) is 5.75 Å². The van der Waals surface area contributed by atoms with Crippen LogP contribution in [0.2, 0.25) is 0 Å². The van der Waals surface area contributed by atoms with Crippen LogP contribution in [0.15, 0.2) is 48.5 Å². The molecule has 0 spiro atoms. The quantitative estimate of drug-likeness (QED) is 0.799. The first-order valence-electron chi connectivity index (χ1n) is 9.06. The molecule has 1 fully saturated rings. The van der Waals surface area contributed by atoms with Crippen molar-refractivity contribution in [2.45, 2.75) is 26.3 Å². The second-order valence-corrected chi connectivity index (χ2v) is 6.61. The van der Waals surface area contributed by atoms with Crippen LogP contribution in [0.25, 0.3) is 6.08 Å². The Bertz CT molecular complexity index is 856. The van der Waals surface area contributed by atoms with E-state index in [0.717, 1.165) is 41.1 Å². The van der Waals surface area contributed by atoms with Crippen LogP contribution < -0.4 is 15.0 Å². The molecule has 0 aliphatic carbocycles. The Morgan fingerprint density at radius 2 is 2.00 bits per heavy atom. The summed E-state index contributed by atoms with van der Waals surface area (Å²) in [6.45, 7) is 3.21. The summed E-state index contributed by atoms with van der Waals surface area (Å²) in [6.07, 6.45) is 4.79. The molecule has 0 aromatic heterocycles. The van der Waals surface area contributed by atoms with Crippen molar-refractivity contribution in [1.82, 2.24) is 5.32 Å². The Morgan fingerprint density at radius 3 is 2.67 bits per heavy atom. The lowest BCUT2D eigenvalue weighted by atomic mass is 10.1. The number of carbonyl (C=O) groups excluding carboxylic acids is 2. The van der Waals surface area contributed by atoms with E-state index >= 15 is 0 Å². The van der Waals surface area contributed by atoms with Gasteiger partial charge in [0, 0.05) is 36.8 Å². The fourth-order valence-corrected chi connectivity index (χ4v) is 3.11. The maximum Gasteiger partial charge on any atom is 0.244 e. The molecule has 1 N–H and O–H groups in total. The number of carbonyl (C=O) groups is 2. The lowest BCUT2D eigenvalue weighted by molar-refractivity contribution is -0.117. The van der Waals surface area contributed by atoms with E-state index in [9.17, 15) is 9.59 Å². The van der Waals surface area contributed by atoms with Crippen molar-refractivity contribution in [2.75, 3.05) is 18.6 Å². The Labute approximate surface area is 159 Å². The van der Waals surface area contributed by atoms with E-state index in [1.165, 1.54) is 6.08 Å². The zero-order valence-corrected chi connectivity index (χ0v) is 15.7. The Kier molecular flexibility index (Phi) is 5.91. The summed E-state index contributed by atoms with van der Waals surface area (Å²) in [4.78, 5) is 25.7. The largest absolute Gasteiger partial charge is 0.496 e. The molecule has 1 saturated heterocycles. The third-order valence-corrected chi connectivity index (χ3v) is 4.59. The van der Waals surface area contributed by atoms with Crippen molar-refractivity contribution in [2.24, 2.45) is 0 Å². The van der Waals surface area contributed by atoms with Crippen molar-refractivity contribution < 1.29 is 14.3 Å². The summed E-state index contributed by atoms with van der Waals surface area (Å²) >= 11 is 0. The molecule has 1 heterocycles. The number of rotatable bonds is 6. The SMILES string of the molecule is COc1ccc(C)cc1/C=C/C(=O)NCc1ccc(N2CCCC2=O)cc1. The molecule has 27 heavy (non-hydrogen) atoms. The number of hydrogen-bond acceptors (Lipinski definition) is 3. The van der Waals surface area contributed by atoms with Gasteiger partial charge in [0.15, 0.2) is 0 Å². The highest BCUT2D eigenvalue weighted by Gasteiger charge is 2.21. The second kappa shape index (κ2) is 8.54. The van der Waals surface area contributed by atoms with E-state index in [1.54, 1.807) is 18.1 Å². The number of benzene rings is 2. The minimum absolute atomic E-state index is 0.169. The van der Waals surface area contributed by atoms with Gasteiger partial charge in [-0.25, -0.2) is 0 Å². The Balaban J connectivity index is 1.56. The normalized spacial score (nSPS) is 14.0. The summed E-state index contributed by atoms with van der Waals surface area (Å²) in [5, 5.41) is 2.87. The predicted octanol–water partition coefficient (Wildman–Crippen LogP) is 3.46. The first kappa shape index (κ1) is 18.7. The molecule has 140 valence electrons. The lowest BCUT2D eigenvalue weighted by Gasteiger charge is -2.15. The molecule has 0 bridgehead atoms. The van der Waals surface area contributed by atoms with Crippen LogP contribution in [0.4, 0.5) is 5.69 Å². The number of nitrogens with one attached hydrogen (secondary N) is 1. The zero-order valence-electron chi connectivity index (χ0n) is 15.7. The molecule has 0 unspecified atom stereocenters. The van der Waals surface area contributed by atoms with Gasteiger partial charge < -0.3 is 15.0 Å². The van der Waals surface area contributed by atoms with Crippen molar-refractivity contribution in [1.29, 1.82) is 0 Å². The van der Waals surface area contributed by atoms with Crippen LogP contribution in [0.1, 0.15) is 29.5 Å². The van der Waals surface area contributed by atoms with E-state index in [-0.39, 0.29) is 11.8 Å². The van der Waals surface area contributed by atoms with Crippen LogP contribution in [-0.4, -0.2) is 25.5 Å². The molecular formula is C22H24N2O3. The highest BCUT2D eigenvalue weighted by atomic mass is 16.5. The third-order valence-electron chi connectivity index (χ3n) is 4.59. The summed E-state index contributed by atoms with van der Waals surface area (Å²) in [5.74, 6) is 0.738. The molecule has 3 rings (SSSR count). The van der Waals surface area contributed by atoms with Crippen LogP contribution in [0.5, 0.6) is 5.75 Å². The number of amides is 2. The van der Waals surface area contributed by atoms with Gasteiger partial charge in [0.1, 0.15) is 5.75 Å². The summed E-state index contributed by atoms with van der Waals surface area (Å²) in [5.41, 5.74) is 3.87. The second-order valence-electron chi connectivity index (χ2n) is 6.61. The third kappa shape index (κ3) is 4.76. The van der Waals surface area contributed by atoms with Crippen molar-refractivity contribution in [3.05, 3.63) is 65.2 Å². The molecule has 5 heteroatoms. The first-order valence-corrected chi connectivity index (χ1v) is 9.06. The van der Waals surface area contributed by atoms with E-state index < -0.39 is 0 Å². The van der Waals surface area contributed by atoms with E-state index in [2.05, 4.69) is 5.32 Å². The standard InChI is InChI=1S/C22H24N2O3/c1-16-5-11-20(27-2)18(14-16)8-12-21(25)23-15-17-6-9-19(10-7-17)24-13-3-4-22(24)26/h5-12,14H,3-4,13,15H2,1-2H3,(H,23,25)/b12-8+. The molecule has 2 aromatic rings. The molecule has 0 radical (unpaired) electrons. The van der Waals surface area contributed by atoms with Gasteiger partial charge >= 0.3 is 0 Å². The van der Waals surface area contributed by atoms with Crippen LogP contribution in [0, 0.1) is 6.92 Å². The van der Waals surface area contributed by atoms with Crippen molar-refractivity contribution >= 4 is 23.6 Å². The van der Waals surface area contributed by atoms with Gasteiger partial charge in [0.25, 0.3) is 0 Å². The average Bonchev–Trinajstić information content (AvgIpc) is 3.11. The molecule has 1 aliphatic rings. The molecule has 5 nitrogen and oxygen atoms in total. The molecule has 0 atom stereocenters.